The summed E-state index contributed by atoms with van der Waals surface area (Å²) in [6.45, 7) is 4.40. The Morgan fingerprint density at radius 3 is 2.41 bits per heavy atom. The molecular weight excluding hydrogens is 235 g/mol. The van der Waals surface area contributed by atoms with E-state index in [4.69, 9.17) is 11.6 Å². The second-order valence-electron chi connectivity index (χ2n) is 4.37. The van der Waals surface area contributed by atoms with Crippen LogP contribution in [-0.4, -0.2) is 0 Å². The van der Waals surface area contributed by atoms with Crippen LogP contribution in [0.15, 0.2) is 24.3 Å². The second-order valence-corrected chi connectivity index (χ2v) is 4.78. The number of hydrogen-bond donors (Lipinski definition) is 0. The van der Waals surface area contributed by atoms with E-state index in [0.717, 1.165) is 5.56 Å². The van der Waals surface area contributed by atoms with E-state index in [1.807, 2.05) is 6.08 Å². The molecule has 0 aromatic heterocycles. The van der Waals surface area contributed by atoms with Crippen molar-refractivity contribution in [3.63, 3.8) is 0 Å². The van der Waals surface area contributed by atoms with Crippen LogP contribution in [0, 0.1) is 11.7 Å². The lowest BCUT2D eigenvalue weighted by Gasteiger charge is -2.09. The van der Waals surface area contributed by atoms with Crippen LogP contribution < -0.4 is 0 Å². The normalized spacial score (nSPS) is 11.6. The summed E-state index contributed by atoms with van der Waals surface area (Å²) in [5.74, 6) is 0.260. The van der Waals surface area contributed by atoms with Gasteiger partial charge in [0.15, 0.2) is 0 Å². The van der Waals surface area contributed by atoms with Crippen molar-refractivity contribution in [2.45, 2.75) is 39.5 Å². The topological polar surface area (TPSA) is 0 Å². The van der Waals surface area contributed by atoms with Crippen LogP contribution in [0.3, 0.4) is 0 Å². The van der Waals surface area contributed by atoms with Gasteiger partial charge in [-0.05, 0) is 36.5 Å². The summed E-state index contributed by atoms with van der Waals surface area (Å²) in [6.07, 6.45) is 9.06. The van der Waals surface area contributed by atoms with Gasteiger partial charge in [0.25, 0.3) is 0 Å². The van der Waals surface area contributed by atoms with Crippen molar-refractivity contribution in [3.05, 3.63) is 40.7 Å². The SMILES string of the molecule is CCCC(/C=C/c1ccc(F)c(Cl)c1)CCC. The summed E-state index contributed by atoms with van der Waals surface area (Å²) in [5, 5.41) is 0.190. The van der Waals surface area contributed by atoms with Gasteiger partial charge in [-0.3, -0.25) is 0 Å². The van der Waals surface area contributed by atoms with Gasteiger partial charge in [-0.15, -0.1) is 0 Å². The first kappa shape index (κ1) is 14.2. The lowest BCUT2D eigenvalue weighted by Crippen LogP contribution is -1.94. The van der Waals surface area contributed by atoms with Crippen molar-refractivity contribution in [1.82, 2.24) is 0 Å². The quantitative estimate of drug-likeness (QED) is 0.610. The highest BCUT2D eigenvalue weighted by atomic mass is 35.5. The minimum absolute atomic E-state index is 0.190. The molecule has 0 unspecified atom stereocenters. The Balaban J connectivity index is 2.69. The van der Waals surface area contributed by atoms with E-state index in [-0.39, 0.29) is 10.8 Å². The molecule has 0 amide bonds. The van der Waals surface area contributed by atoms with E-state index in [9.17, 15) is 4.39 Å². The summed E-state index contributed by atoms with van der Waals surface area (Å²) in [4.78, 5) is 0. The zero-order valence-corrected chi connectivity index (χ0v) is 11.3. The highest BCUT2D eigenvalue weighted by molar-refractivity contribution is 6.30. The molecule has 0 aliphatic heterocycles. The molecule has 2 heteroatoms. The lowest BCUT2D eigenvalue weighted by atomic mass is 9.97. The van der Waals surface area contributed by atoms with Gasteiger partial charge in [-0.25, -0.2) is 4.39 Å². The van der Waals surface area contributed by atoms with Crippen LogP contribution >= 0.6 is 11.6 Å². The third-order valence-corrected chi connectivity index (χ3v) is 3.11. The van der Waals surface area contributed by atoms with Gasteiger partial charge >= 0.3 is 0 Å². The lowest BCUT2D eigenvalue weighted by molar-refractivity contribution is 0.531. The van der Waals surface area contributed by atoms with E-state index < -0.39 is 0 Å². The molecule has 0 radical (unpaired) electrons. The fourth-order valence-electron chi connectivity index (χ4n) is 1.94. The van der Waals surface area contributed by atoms with Crippen molar-refractivity contribution >= 4 is 17.7 Å². The third kappa shape index (κ3) is 4.91. The van der Waals surface area contributed by atoms with Crippen molar-refractivity contribution in [1.29, 1.82) is 0 Å². The molecule has 1 aromatic carbocycles. The van der Waals surface area contributed by atoms with Crippen LogP contribution in [0.25, 0.3) is 6.08 Å². The van der Waals surface area contributed by atoms with Crippen molar-refractivity contribution in [3.8, 4) is 0 Å². The van der Waals surface area contributed by atoms with E-state index >= 15 is 0 Å². The molecule has 1 rings (SSSR count). The number of allylic oxidation sites excluding steroid dienone is 1. The summed E-state index contributed by atoms with van der Waals surface area (Å²) in [6, 6.07) is 4.84. The minimum atomic E-state index is -0.359. The van der Waals surface area contributed by atoms with E-state index in [0.29, 0.717) is 5.92 Å². The molecule has 0 N–H and O–H groups in total. The Morgan fingerprint density at radius 1 is 1.24 bits per heavy atom. The van der Waals surface area contributed by atoms with Gasteiger partial charge in [0, 0.05) is 0 Å². The monoisotopic (exact) mass is 254 g/mol. The van der Waals surface area contributed by atoms with E-state index in [1.54, 1.807) is 12.1 Å². The molecule has 0 saturated carbocycles. The molecule has 0 saturated heterocycles. The molecule has 1 aromatic rings. The summed E-state index contributed by atoms with van der Waals surface area (Å²) >= 11 is 5.74. The van der Waals surface area contributed by atoms with Crippen LogP contribution in [0.2, 0.25) is 5.02 Å². The van der Waals surface area contributed by atoms with Crippen LogP contribution in [0.4, 0.5) is 4.39 Å². The van der Waals surface area contributed by atoms with Gasteiger partial charge in [-0.1, -0.05) is 56.5 Å². The molecule has 17 heavy (non-hydrogen) atoms. The fourth-order valence-corrected chi connectivity index (χ4v) is 2.13. The Labute approximate surface area is 108 Å². The molecule has 0 nitrogen and oxygen atoms in total. The highest BCUT2D eigenvalue weighted by Crippen LogP contribution is 2.20. The average Bonchev–Trinajstić information content (AvgIpc) is 2.31. The maximum Gasteiger partial charge on any atom is 0.141 e. The number of halogens is 2. The van der Waals surface area contributed by atoms with Gasteiger partial charge in [-0.2, -0.15) is 0 Å². The molecule has 0 spiro atoms. The van der Waals surface area contributed by atoms with Gasteiger partial charge < -0.3 is 0 Å². The summed E-state index contributed by atoms with van der Waals surface area (Å²) in [7, 11) is 0. The average molecular weight is 255 g/mol. The minimum Gasteiger partial charge on any atom is -0.205 e. The Bertz CT molecular complexity index is 365. The largest absolute Gasteiger partial charge is 0.205 e. The van der Waals surface area contributed by atoms with Gasteiger partial charge in [0.05, 0.1) is 5.02 Å². The predicted molar refractivity (Wildman–Crippen MR) is 73.8 cm³/mol. The standard InChI is InChI=1S/C15H20ClF/c1-3-5-12(6-4-2)7-8-13-9-10-15(17)14(16)11-13/h7-12H,3-6H2,1-2H3/b8-7+. The Kier molecular flexibility index (Phi) is 6.28. The first-order chi connectivity index (χ1) is 8.17. The van der Waals surface area contributed by atoms with Crippen LogP contribution in [0.1, 0.15) is 45.1 Å². The molecule has 0 aliphatic rings. The molecule has 0 fully saturated rings. The smallest absolute Gasteiger partial charge is 0.141 e. The number of benzene rings is 1. The molecule has 94 valence electrons. The third-order valence-electron chi connectivity index (χ3n) is 2.82. The van der Waals surface area contributed by atoms with E-state index in [2.05, 4.69) is 19.9 Å². The number of rotatable bonds is 6. The van der Waals surface area contributed by atoms with Crippen LogP contribution in [0.5, 0.6) is 0 Å². The summed E-state index contributed by atoms with van der Waals surface area (Å²) in [5.41, 5.74) is 0.966. The molecule has 0 atom stereocenters. The van der Waals surface area contributed by atoms with Crippen molar-refractivity contribution in [2.75, 3.05) is 0 Å². The van der Waals surface area contributed by atoms with Crippen molar-refractivity contribution in [2.24, 2.45) is 5.92 Å². The first-order valence-corrected chi connectivity index (χ1v) is 6.68. The zero-order chi connectivity index (χ0) is 12.7. The second kappa shape index (κ2) is 7.50. The molecule has 0 aliphatic carbocycles. The predicted octanol–water partition coefficient (Wildman–Crippen LogP) is 5.71. The van der Waals surface area contributed by atoms with E-state index in [1.165, 1.54) is 31.7 Å². The molecular formula is C15H20ClF. The van der Waals surface area contributed by atoms with Gasteiger partial charge in [0.1, 0.15) is 5.82 Å². The maximum absolute atomic E-state index is 13.0. The zero-order valence-electron chi connectivity index (χ0n) is 10.5. The van der Waals surface area contributed by atoms with Crippen LogP contribution in [-0.2, 0) is 0 Å². The Hall–Kier alpha value is -0.820. The van der Waals surface area contributed by atoms with Crippen molar-refractivity contribution < 1.29 is 4.39 Å². The first-order valence-electron chi connectivity index (χ1n) is 6.30. The fraction of sp³-hybridized carbons (Fsp3) is 0.467. The number of hydrogen-bond acceptors (Lipinski definition) is 0. The Morgan fingerprint density at radius 2 is 1.88 bits per heavy atom. The molecule has 0 heterocycles. The summed E-state index contributed by atoms with van der Waals surface area (Å²) < 4.78 is 13.0. The highest BCUT2D eigenvalue weighted by Gasteiger charge is 2.02. The van der Waals surface area contributed by atoms with Gasteiger partial charge in [0.2, 0.25) is 0 Å². The maximum atomic E-state index is 13.0. The molecule has 0 bridgehead atoms.